The van der Waals surface area contributed by atoms with E-state index in [1.165, 1.54) is 16.9 Å². The molecule has 3 aromatic rings. The van der Waals surface area contributed by atoms with Crippen LogP contribution in [0.25, 0.3) is 10.3 Å². The van der Waals surface area contributed by atoms with Crippen LogP contribution in [0.3, 0.4) is 0 Å². The minimum Gasteiger partial charge on any atom is -0.394 e. The maximum atomic E-state index is 9.56. The highest BCUT2D eigenvalue weighted by Gasteiger charge is 2.21. The van der Waals surface area contributed by atoms with Crippen molar-refractivity contribution in [3.63, 3.8) is 0 Å². The van der Waals surface area contributed by atoms with Crippen LogP contribution >= 0.6 is 23.1 Å². The van der Waals surface area contributed by atoms with Gasteiger partial charge in [-0.25, -0.2) is 9.97 Å². The molecule has 2 aromatic heterocycles. The lowest BCUT2D eigenvalue weighted by Crippen LogP contribution is -2.35. The molecule has 0 amide bonds. The van der Waals surface area contributed by atoms with Crippen molar-refractivity contribution in [2.75, 3.05) is 24.3 Å². The smallest absolute Gasteiger partial charge is 0.191 e. The van der Waals surface area contributed by atoms with Crippen LogP contribution in [-0.4, -0.2) is 39.3 Å². The maximum absolute atomic E-state index is 9.56. The van der Waals surface area contributed by atoms with Crippen molar-refractivity contribution in [1.82, 2.24) is 15.0 Å². The van der Waals surface area contributed by atoms with E-state index < -0.39 is 5.54 Å². The third-order valence-corrected chi connectivity index (χ3v) is 5.50. The van der Waals surface area contributed by atoms with Gasteiger partial charge in [-0.3, -0.25) is 0 Å². The molecular weight excluding hydrogens is 354 g/mol. The second-order valence-electron chi connectivity index (χ2n) is 6.22. The molecule has 0 spiro atoms. The highest BCUT2D eigenvalue weighted by atomic mass is 32.2. The Kier molecular flexibility index (Phi) is 5.41. The molecule has 132 valence electrons. The number of nitrogens with zero attached hydrogens (tertiary/aromatic N) is 3. The zero-order valence-electron chi connectivity index (χ0n) is 14.4. The molecule has 0 aliphatic rings. The minimum absolute atomic E-state index is 0.00266. The van der Waals surface area contributed by atoms with Crippen molar-refractivity contribution in [3.05, 3.63) is 35.9 Å². The summed E-state index contributed by atoms with van der Waals surface area (Å²) in [6.07, 6.45) is 0. The number of hydrogen-bond acceptors (Lipinski definition) is 8. The molecule has 0 unspecified atom stereocenters. The Bertz CT molecular complexity index is 851. The highest BCUT2D eigenvalue weighted by Crippen LogP contribution is 2.33. The van der Waals surface area contributed by atoms with Gasteiger partial charge in [-0.05, 0) is 19.4 Å². The van der Waals surface area contributed by atoms with Gasteiger partial charge in [0.15, 0.2) is 21.8 Å². The number of thioether (sulfide) groups is 1. The monoisotopic (exact) mass is 375 g/mol. The lowest BCUT2D eigenvalue weighted by molar-refractivity contribution is 0.234. The summed E-state index contributed by atoms with van der Waals surface area (Å²) < 4.78 is 0.884. The summed E-state index contributed by atoms with van der Waals surface area (Å²) in [5, 5.41) is 17.4. The van der Waals surface area contributed by atoms with E-state index in [0.717, 1.165) is 15.6 Å². The van der Waals surface area contributed by atoms with Crippen molar-refractivity contribution in [2.45, 2.75) is 30.3 Å². The average molecular weight is 376 g/mol. The number of aliphatic hydroxyl groups excluding tert-OH is 1. The highest BCUT2D eigenvalue weighted by molar-refractivity contribution is 7.98. The van der Waals surface area contributed by atoms with E-state index in [9.17, 15) is 5.11 Å². The Morgan fingerprint density at radius 1 is 1.16 bits per heavy atom. The summed E-state index contributed by atoms with van der Waals surface area (Å²) in [5.41, 5.74) is 1.40. The first-order valence-corrected chi connectivity index (χ1v) is 9.73. The van der Waals surface area contributed by atoms with Crippen molar-refractivity contribution in [3.8, 4) is 0 Å². The third-order valence-electron chi connectivity index (χ3n) is 3.51. The molecule has 0 aliphatic heterocycles. The van der Waals surface area contributed by atoms with Crippen LogP contribution in [0.4, 0.5) is 10.9 Å². The van der Waals surface area contributed by atoms with Gasteiger partial charge >= 0.3 is 0 Å². The van der Waals surface area contributed by atoms with E-state index >= 15 is 0 Å². The fourth-order valence-electron chi connectivity index (χ4n) is 2.14. The van der Waals surface area contributed by atoms with Gasteiger partial charge in [-0.2, -0.15) is 4.98 Å². The molecule has 3 N–H and O–H groups in total. The fraction of sp³-hybridized carbons (Fsp3) is 0.353. The topological polar surface area (TPSA) is 83.0 Å². The molecule has 2 heterocycles. The second-order valence-corrected chi connectivity index (χ2v) is 8.16. The molecule has 25 heavy (non-hydrogen) atoms. The van der Waals surface area contributed by atoms with Crippen LogP contribution in [0.2, 0.25) is 0 Å². The molecule has 6 nitrogen and oxygen atoms in total. The van der Waals surface area contributed by atoms with Crippen LogP contribution in [-0.2, 0) is 5.75 Å². The number of anilines is 2. The first kappa shape index (κ1) is 17.9. The van der Waals surface area contributed by atoms with E-state index in [4.69, 9.17) is 0 Å². The van der Waals surface area contributed by atoms with Gasteiger partial charge in [0.1, 0.15) is 4.70 Å². The van der Waals surface area contributed by atoms with Gasteiger partial charge < -0.3 is 15.7 Å². The van der Waals surface area contributed by atoms with Crippen molar-refractivity contribution < 1.29 is 5.11 Å². The lowest BCUT2D eigenvalue weighted by atomic mass is 10.1. The number of aromatic nitrogens is 3. The van der Waals surface area contributed by atoms with Gasteiger partial charge in [0.05, 0.1) is 12.1 Å². The van der Waals surface area contributed by atoms with E-state index in [2.05, 4.69) is 37.7 Å². The zero-order valence-corrected chi connectivity index (χ0v) is 16.0. The molecule has 0 aliphatic carbocycles. The Balaban J connectivity index is 1.93. The fourth-order valence-corrected chi connectivity index (χ4v) is 3.74. The maximum Gasteiger partial charge on any atom is 0.191 e. The minimum atomic E-state index is -0.480. The van der Waals surface area contributed by atoms with Crippen LogP contribution in [0.15, 0.2) is 35.5 Å². The number of thiazole rings is 1. The first-order valence-electron chi connectivity index (χ1n) is 7.93. The van der Waals surface area contributed by atoms with Gasteiger partial charge in [0.2, 0.25) is 0 Å². The number of benzene rings is 1. The average Bonchev–Trinajstić information content (AvgIpc) is 3.04. The molecule has 0 radical (unpaired) electrons. The SMILES string of the molecule is CNc1nc2nc(SCc3ccccc3)nc(NC(C)(C)CO)c2s1. The normalized spacial score (nSPS) is 11.7. The summed E-state index contributed by atoms with van der Waals surface area (Å²) in [6.45, 7) is 3.86. The predicted octanol–water partition coefficient (Wildman–Crippen LogP) is 3.60. The van der Waals surface area contributed by atoms with E-state index in [-0.39, 0.29) is 6.61 Å². The number of nitrogens with one attached hydrogen (secondary N) is 2. The summed E-state index contributed by atoms with van der Waals surface area (Å²) in [5.74, 6) is 1.50. The summed E-state index contributed by atoms with van der Waals surface area (Å²) in [6, 6.07) is 10.2. The standard InChI is InChI=1S/C17H21N5OS2/c1-17(2,10-23)22-14-12-13(19-15(18-3)25-12)20-16(21-14)24-9-11-7-5-4-6-8-11/h4-8,23H,9-10H2,1-3H3,(H2,18,19,20,21,22). The summed E-state index contributed by atoms with van der Waals surface area (Å²) >= 11 is 3.07. The first-order chi connectivity index (χ1) is 12.0. The summed E-state index contributed by atoms with van der Waals surface area (Å²) in [7, 11) is 1.83. The molecule has 3 rings (SSSR count). The van der Waals surface area contributed by atoms with E-state index in [1.807, 2.05) is 39.1 Å². The van der Waals surface area contributed by atoms with Crippen LogP contribution in [0.1, 0.15) is 19.4 Å². The number of hydrogen-bond donors (Lipinski definition) is 3. The van der Waals surface area contributed by atoms with Gasteiger partial charge in [0, 0.05) is 12.8 Å². The third kappa shape index (κ3) is 4.39. The largest absolute Gasteiger partial charge is 0.394 e. The van der Waals surface area contributed by atoms with Crippen molar-refractivity contribution in [1.29, 1.82) is 0 Å². The Morgan fingerprint density at radius 2 is 1.92 bits per heavy atom. The lowest BCUT2D eigenvalue weighted by Gasteiger charge is -2.24. The molecule has 0 saturated carbocycles. The molecule has 0 atom stereocenters. The second kappa shape index (κ2) is 7.55. The number of rotatable bonds is 7. The van der Waals surface area contributed by atoms with Gasteiger partial charge in [-0.15, -0.1) is 0 Å². The van der Waals surface area contributed by atoms with Crippen molar-refractivity contribution >= 4 is 44.4 Å². The van der Waals surface area contributed by atoms with Gasteiger partial charge in [-0.1, -0.05) is 53.4 Å². The number of fused-ring (bicyclic) bond motifs is 1. The zero-order chi connectivity index (χ0) is 17.9. The van der Waals surface area contributed by atoms with Crippen LogP contribution in [0.5, 0.6) is 0 Å². The van der Waals surface area contributed by atoms with Gasteiger partial charge in [0.25, 0.3) is 0 Å². The van der Waals surface area contributed by atoms with Crippen LogP contribution < -0.4 is 10.6 Å². The molecule has 0 saturated heterocycles. The van der Waals surface area contributed by atoms with Crippen molar-refractivity contribution in [2.24, 2.45) is 0 Å². The molecular formula is C17H21N5OS2. The predicted molar refractivity (Wildman–Crippen MR) is 106 cm³/mol. The summed E-state index contributed by atoms with van der Waals surface area (Å²) in [4.78, 5) is 13.8. The van der Waals surface area contributed by atoms with E-state index in [1.54, 1.807) is 11.8 Å². The molecule has 0 fully saturated rings. The number of aliphatic hydroxyl groups is 1. The molecule has 8 heteroatoms. The Hall–Kier alpha value is -1.90. The molecule has 0 bridgehead atoms. The Morgan fingerprint density at radius 3 is 2.60 bits per heavy atom. The van der Waals surface area contributed by atoms with Crippen LogP contribution in [0, 0.1) is 0 Å². The van der Waals surface area contributed by atoms with E-state index in [0.29, 0.717) is 16.6 Å². The Labute approximate surface area is 155 Å². The molecule has 1 aromatic carbocycles. The quantitative estimate of drug-likeness (QED) is 0.430.